The van der Waals surface area contributed by atoms with Gasteiger partial charge in [-0.3, -0.25) is 0 Å². The molecule has 0 unspecified atom stereocenters. The lowest BCUT2D eigenvalue weighted by molar-refractivity contribution is -0.583. The molecule has 1 heterocycles. The second kappa shape index (κ2) is 14.2. The van der Waals surface area contributed by atoms with Gasteiger partial charge in [-0.2, -0.15) is 9.13 Å². The van der Waals surface area contributed by atoms with Gasteiger partial charge in [0.1, 0.15) is 17.6 Å². The Morgan fingerprint density at radius 2 is 0.884 bits per heavy atom. The highest BCUT2D eigenvalue weighted by molar-refractivity contribution is 5.71. The summed E-state index contributed by atoms with van der Waals surface area (Å²) in [6.07, 6.45) is 2.39. The normalized spacial score (nSPS) is 11.3. The van der Waals surface area contributed by atoms with Gasteiger partial charge < -0.3 is 17.9 Å². The van der Waals surface area contributed by atoms with Crippen molar-refractivity contribution in [3.05, 3.63) is 126 Å². The maximum atomic E-state index is 2.57. The molecule has 43 heavy (non-hydrogen) atoms. The molecule has 4 aromatic carbocycles. The van der Waals surface area contributed by atoms with Gasteiger partial charge in [-0.25, -0.2) is 0 Å². The van der Waals surface area contributed by atoms with Gasteiger partial charge in [-0.05, 0) is 35.8 Å². The average molecular weight is 595 g/mol. The van der Waals surface area contributed by atoms with Gasteiger partial charge in [0.15, 0.2) is 5.69 Å². The van der Waals surface area contributed by atoms with Gasteiger partial charge in [0.05, 0.1) is 5.56 Å². The van der Waals surface area contributed by atoms with E-state index in [1.54, 1.807) is 0 Å². The van der Waals surface area contributed by atoms with Crippen LogP contribution in [0.1, 0.15) is 101 Å². The minimum Gasteiger partial charge on any atom is -1.00 e. The van der Waals surface area contributed by atoms with Crippen molar-refractivity contribution >= 4 is 0 Å². The molecule has 0 fully saturated rings. The van der Waals surface area contributed by atoms with E-state index in [4.69, 9.17) is 0 Å². The summed E-state index contributed by atoms with van der Waals surface area (Å²) in [7, 11) is 0. The number of benzene rings is 4. The Labute approximate surface area is 265 Å². The van der Waals surface area contributed by atoms with Gasteiger partial charge in [-0.1, -0.05) is 140 Å². The molecule has 5 aromatic rings. The van der Waals surface area contributed by atoms with Crippen LogP contribution in [-0.2, 0) is 0 Å². The van der Waals surface area contributed by atoms with Gasteiger partial charge >= 0.3 is 0 Å². The predicted octanol–water partition coefficient (Wildman–Crippen LogP) is 6.76. The van der Waals surface area contributed by atoms with E-state index in [1.165, 1.54) is 56.3 Å². The molecule has 0 spiro atoms. The number of nitrogens with zero attached hydrogens (tertiary/aromatic N) is 2. The average Bonchev–Trinajstić information content (AvgIpc) is 3.37. The molecular formula is C39H47ClN2O. The van der Waals surface area contributed by atoms with E-state index < -0.39 is 0 Å². The van der Waals surface area contributed by atoms with Crippen LogP contribution in [-0.4, -0.2) is 10.0 Å². The zero-order chi connectivity index (χ0) is 29.3. The summed E-state index contributed by atoms with van der Waals surface area (Å²) in [5.41, 5.74) is 11.7. The smallest absolute Gasteiger partial charge is 0.299 e. The number of rotatable bonds is 8. The lowest BCUT2D eigenvalue weighted by Crippen LogP contribution is -3.00. The van der Waals surface area contributed by atoms with Crippen LogP contribution in [0.25, 0.3) is 34.0 Å². The molecule has 0 radical (unpaired) electrons. The molecule has 4 heteroatoms. The van der Waals surface area contributed by atoms with E-state index in [2.05, 4.69) is 168 Å². The number of hydrogen-bond donors (Lipinski definition) is 0. The Morgan fingerprint density at radius 1 is 0.488 bits per heavy atom. The van der Waals surface area contributed by atoms with Crippen LogP contribution in [0, 0.1) is 0 Å². The van der Waals surface area contributed by atoms with Crippen LogP contribution in [0.15, 0.2) is 103 Å². The second-order valence-electron chi connectivity index (χ2n) is 12.5. The van der Waals surface area contributed by atoms with Crippen molar-refractivity contribution in [2.45, 2.75) is 79.1 Å². The molecule has 5 rings (SSSR count). The second-order valence-corrected chi connectivity index (χ2v) is 12.5. The van der Waals surface area contributed by atoms with Crippen molar-refractivity contribution in [3.8, 4) is 34.0 Å². The first-order valence-corrected chi connectivity index (χ1v) is 15.2. The third kappa shape index (κ3) is 6.49. The maximum Gasteiger partial charge on any atom is 0.299 e. The Kier molecular flexibility index (Phi) is 11.2. The van der Waals surface area contributed by atoms with Crippen molar-refractivity contribution in [2.75, 3.05) is 0 Å². The molecule has 0 saturated heterocycles. The van der Waals surface area contributed by atoms with E-state index in [0.717, 1.165) is 0 Å². The molecule has 226 valence electrons. The Hall–Kier alpha value is -3.66. The number of para-hydroxylation sites is 2. The molecule has 2 N–H and O–H groups in total. The summed E-state index contributed by atoms with van der Waals surface area (Å²) < 4.78 is 5.07. The molecule has 0 amide bonds. The monoisotopic (exact) mass is 594 g/mol. The van der Waals surface area contributed by atoms with E-state index in [0.29, 0.717) is 23.7 Å². The van der Waals surface area contributed by atoms with Crippen LogP contribution in [0.4, 0.5) is 0 Å². The van der Waals surface area contributed by atoms with Gasteiger partial charge in [0.2, 0.25) is 0 Å². The highest BCUT2D eigenvalue weighted by Crippen LogP contribution is 2.39. The fourth-order valence-electron chi connectivity index (χ4n) is 6.09. The summed E-state index contributed by atoms with van der Waals surface area (Å²) in [5.74, 6) is 2.71. The fourth-order valence-corrected chi connectivity index (χ4v) is 6.09. The fraction of sp³-hybridized carbons (Fsp3) is 0.308. The Morgan fingerprint density at radius 3 is 1.30 bits per heavy atom. The van der Waals surface area contributed by atoms with Crippen molar-refractivity contribution < 1.29 is 22.5 Å². The minimum atomic E-state index is 0. The van der Waals surface area contributed by atoms with Gasteiger partial charge in [0, 0.05) is 27.8 Å². The molecule has 0 atom stereocenters. The summed E-state index contributed by atoms with van der Waals surface area (Å²) in [6, 6.07) is 35.6. The van der Waals surface area contributed by atoms with Crippen molar-refractivity contribution in [3.63, 3.8) is 0 Å². The SMILES string of the molecule is CC(C)c1cccc(C(C)C)c1-n1c(-c2ccccc2)c[n+](-c2c(C(C)C)cccc2C(C)C)c1-c1ccccc1.O.[Cl-]. The minimum absolute atomic E-state index is 0. The third-order valence-corrected chi connectivity index (χ3v) is 8.18. The quantitative estimate of drug-likeness (QED) is 0.178. The van der Waals surface area contributed by atoms with Crippen LogP contribution >= 0.6 is 0 Å². The molecule has 0 bridgehead atoms. The lowest BCUT2D eigenvalue weighted by Gasteiger charge is -2.20. The number of halogens is 1. The predicted molar refractivity (Wildman–Crippen MR) is 178 cm³/mol. The van der Waals surface area contributed by atoms with E-state index in [-0.39, 0.29) is 17.9 Å². The highest BCUT2D eigenvalue weighted by atomic mass is 35.5. The Bertz CT molecular complexity index is 1580. The first-order chi connectivity index (χ1) is 19.7. The molecule has 0 saturated carbocycles. The standard InChI is InChI=1S/C39H45N2.ClH.H2O/c1-26(2)32-21-15-22-33(27(3)4)37(32)40-25-36(30-17-11-9-12-18-30)41(39(40)31-19-13-10-14-20-31)38-34(28(5)6)23-16-24-35(38)29(7)8;;/h9-29H,1-8H3;1H;1H2/q+1;;/p-1. The zero-order valence-electron chi connectivity index (χ0n) is 26.9. The zero-order valence-corrected chi connectivity index (χ0v) is 27.7. The van der Waals surface area contributed by atoms with E-state index >= 15 is 0 Å². The van der Waals surface area contributed by atoms with Crippen molar-refractivity contribution in [1.29, 1.82) is 0 Å². The molecular weight excluding hydrogens is 548 g/mol. The summed E-state index contributed by atoms with van der Waals surface area (Å²) in [5, 5.41) is 0. The van der Waals surface area contributed by atoms with Crippen LogP contribution in [0.3, 0.4) is 0 Å². The van der Waals surface area contributed by atoms with Crippen LogP contribution < -0.4 is 17.0 Å². The summed E-state index contributed by atoms with van der Waals surface area (Å²) >= 11 is 0. The lowest BCUT2D eigenvalue weighted by atomic mass is 9.91. The first kappa shape index (κ1) is 33.8. The Balaban J connectivity index is 0.00000253. The van der Waals surface area contributed by atoms with Gasteiger partial charge in [-0.15, -0.1) is 0 Å². The maximum absolute atomic E-state index is 2.57. The molecule has 0 aliphatic rings. The first-order valence-electron chi connectivity index (χ1n) is 15.2. The summed E-state index contributed by atoms with van der Waals surface area (Å²) in [6.45, 7) is 18.5. The highest BCUT2D eigenvalue weighted by Gasteiger charge is 2.34. The number of imidazole rings is 1. The molecule has 0 aliphatic carbocycles. The van der Waals surface area contributed by atoms with Gasteiger partial charge in [0.25, 0.3) is 5.82 Å². The van der Waals surface area contributed by atoms with Crippen LogP contribution in [0.2, 0.25) is 0 Å². The topological polar surface area (TPSA) is 40.3 Å². The van der Waals surface area contributed by atoms with Crippen LogP contribution in [0.5, 0.6) is 0 Å². The van der Waals surface area contributed by atoms with Crippen molar-refractivity contribution in [2.24, 2.45) is 0 Å². The van der Waals surface area contributed by atoms with E-state index in [9.17, 15) is 0 Å². The van der Waals surface area contributed by atoms with E-state index in [1.807, 2.05) is 0 Å². The molecule has 0 aliphatic heterocycles. The van der Waals surface area contributed by atoms with Crippen molar-refractivity contribution in [1.82, 2.24) is 4.57 Å². The third-order valence-electron chi connectivity index (χ3n) is 8.18. The molecule has 3 nitrogen and oxygen atoms in total. The summed E-state index contributed by atoms with van der Waals surface area (Å²) in [4.78, 5) is 0. The number of aromatic nitrogens is 2. The molecule has 1 aromatic heterocycles. The number of hydrogen-bond acceptors (Lipinski definition) is 0. The largest absolute Gasteiger partial charge is 1.00 e.